The highest BCUT2D eigenvalue weighted by Gasteiger charge is 2.13. The third-order valence-electron chi connectivity index (χ3n) is 2.84. The van der Waals surface area contributed by atoms with E-state index in [1.807, 2.05) is 18.9 Å². The van der Waals surface area contributed by atoms with Crippen LogP contribution in [0.3, 0.4) is 0 Å². The Balaban J connectivity index is 2.81. The number of rotatable bonds is 5. The van der Waals surface area contributed by atoms with Gasteiger partial charge in [0.15, 0.2) is 0 Å². The van der Waals surface area contributed by atoms with Crippen LogP contribution in [0.1, 0.15) is 18.1 Å². The van der Waals surface area contributed by atoms with Gasteiger partial charge in [0.1, 0.15) is 5.82 Å². The molecule has 0 amide bonds. The molecular formula is C13H17FN2OS. The van der Waals surface area contributed by atoms with Crippen LogP contribution >= 0.6 is 0 Å². The van der Waals surface area contributed by atoms with Gasteiger partial charge in [0, 0.05) is 35.4 Å². The van der Waals surface area contributed by atoms with Gasteiger partial charge in [-0.2, -0.15) is 5.26 Å². The molecule has 0 N–H and O–H groups in total. The van der Waals surface area contributed by atoms with Gasteiger partial charge in [-0.15, -0.1) is 0 Å². The van der Waals surface area contributed by atoms with Crippen LogP contribution in [0.2, 0.25) is 0 Å². The second-order valence-electron chi connectivity index (χ2n) is 4.42. The van der Waals surface area contributed by atoms with Crippen LogP contribution in [0.5, 0.6) is 0 Å². The first-order valence-electron chi connectivity index (χ1n) is 5.63. The molecule has 0 fully saturated rings. The Morgan fingerprint density at radius 3 is 2.78 bits per heavy atom. The number of hydrogen-bond acceptors (Lipinski definition) is 3. The molecule has 1 aromatic carbocycles. The van der Waals surface area contributed by atoms with E-state index in [9.17, 15) is 8.60 Å². The third kappa shape index (κ3) is 4.21. The van der Waals surface area contributed by atoms with Gasteiger partial charge >= 0.3 is 0 Å². The smallest absolute Gasteiger partial charge is 0.123 e. The average molecular weight is 268 g/mol. The number of nitrogens with zero attached hydrogens (tertiary/aromatic N) is 2. The van der Waals surface area contributed by atoms with E-state index < -0.39 is 10.8 Å². The maximum Gasteiger partial charge on any atom is 0.123 e. The van der Waals surface area contributed by atoms with Crippen LogP contribution in [-0.4, -0.2) is 34.2 Å². The molecule has 0 spiro atoms. The molecule has 0 heterocycles. The molecule has 1 rings (SSSR count). The maximum absolute atomic E-state index is 13.2. The third-order valence-corrected chi connectivity index (χ3v) is 3.79. The summed E-state index contributed by atoms with van der Waals surface area (Å²) in [7, 11) is 1.01. The minimum Gasteiger partial charge on any atom is -0.298 e. The molecule has 0 radical (unpaired) electrons. The lowest BCUT2D eigenvalue weighted by Gasteiger charge is -2.24. The molecule has 0 unspecified atom stereocenters. The van der Waals surface area contributed by atoms with Crippen molar-refractivity contribution in [1.82, 2.24) is 4.90 Å². The summed E-state index contributed by atoms with van der Waals surface area (Å²) in [5.74, 6) is 0.220. The van der Waals surface area contributed by atoms with Gasteiger partial charge in [-0.1, -0.05) is 0 Å². The van der Waals surface area contributed by atoms with E-state index in [1.54, 1.807) is 6.26 Å². The van der Waals surface area contributed by atoms with Crippen molar-refractivity contribution in [3.8, 4) is 6.07 Å². The number of hydrogen-bond donors (Lipinski definition) is 0. The molecule has 0 aliphatic carbocycles. The largest absolute Gasteiger partial charge is 0.298 e. The van der Waals surface area contributed by atoms with Gasteiger partial charge in [0.25, 0.3) is 0 Å². The monoisotopic (exact) mass is 268 g/mol. The van der Waals surface area contributed by atoms with Crippen LogP contribution in [0, 0.1) is 17.1 Å². The molecule has 1 aromatic rings. The molecule has 3 nitrogen and oxygen atoms in total. The predicted molar refractivity (Wildman–Crippen MR) is 71.0 cm³/mol. The Kier molecular flexibility index (Phi) is 5.45. The molecule has 0 saturated carbocycles. The molecule has 5 heteroatoms. The van der Waals surface area contributed by atoms with Crippen molar-refractivity contribution in [2.24, 2.45) is 0 Å². The van der Waals surface area contributed by atoms with Crippen LogP contribution < -0.4 is 0 Å². The predicted octanol–water partition coefficient (Wildman–Crippen LogP) is 1.90. The number of benzene rings is 1. The van der Waals surface area contributed by atoms with E-state index in [0.717, 1.165) is 0 Å². The number of halogens is 1. The average Bonchev–Trinajstić information content (AvgIpc) is 2.28. The van der Waals surface area contributed by atoms with Crippen LogP contribution in [0.15, 0.2) is 18.2 Å². The number of nitriles is 1. The quantitative estimate of drug-likeness (QED) is 0.819. The van der Waals surface area contributed by atoms with E-state index >= 15 is 0 Å². The highest BCUT2D eigenvalue weighted by atomic mass is 32.2. The van der Waals surface area contributed by atoms with E-state index in [1.165, 1.54) is 18.2 Å². The Labute approximate surface area is 110 Å². The van der Waals surface area contributed by atoms with Crippen molar-refractivity contribution >= 4 is 10.8 Å². The summed E-state index contributed by atoms with van der Waals surface area (Å²) in [5.41, 5.74) is 1.14. The summed E-state index contributed by atoms with van der Waals surface area (Å²) in [4.78, 5) is 1.97. The Morgan fingerprint density at radius 2 is 2.22 bits per heavy atom. The van der Waals surface area contributed by atoms with Gasteiger partial charge in [-0.25, -0.2) is 4.39 Å². The highest BCUT2D eigenvalue weighted by molar-refractivity contribution is 7.84. The summed E-state index contributed by atoms with van der Waals surface area (Å²) in [5, 5.41) is 8.97. The van der Waals surface area contributed by atoms with Crippen LogP contribution in [-0.2, 0) is 17.3 Å². The topological polar surface area (TPSA) is 44.1 Å². The maximum atomic E-state index is 13.2. The second-order valence-corrected chi connectivity index (χ2v) is 5.90. The Hall–Kier alpha value is -1.25. The Morgan fingerprint density at radius 1 is 1.56 bits per heavy atom. The normalized spacial score (nSPS) is 14.2. The van der Waals surface area contributed by atoms with Crippen LogP contribution in [0.4, 0.5) is 4.39 Å². The molecular weight excluding hydrogens is 251 g/mol. The van der Waals surface area contributed by atoms with E-state index in [4.69, 9.17) is 5.26 Å². The van der Waals surface area contributed by atoms with E-state index in [2.05, 4.69) is 6.07 Å². The SMILES string of the molecule is C[C@H](C[S@@](C)=O)N(C)Cc1cc(F)ccc1C#N. The van der Waals surface area contributed by atoms with Crippen molar-refractivity contribution < 1.29 is 8.60 Å². The first kappa shape index (κ1) is 14.8. The highest BCUT2D eigenvalue weighted by Crippen LogP contribution is 2.14. The molecule has 2 atom stereocenters. The van der Waals surface area contributed by atoms with Gasteiger partial charge in [-0.3, -0.25) is 9.11 Å². The summed E-state index contributed by atoms with van der Waals surface area (Å²) < 4.78 is 24.3. The molecule has 0 aliphatic heterocycles. The zero-order valence-corrected chi connectivity index (χ0v) is 11.6. The van der Waals surface area contributed by atoms with Crippen LogP contribution in [0.25, 0.3) is 0 Å². The summed E-state index contributed by atoms with van der Waals surface area (Å²) in [6.45, 7) is 2.44. The zero-order chi connectivity index (χ0) is 13.7. The summed E-state index contributed by atoms with van der Waals surface area (Å²) >= 11 is 0. The van der Waals surface area contributed by atoms with Crippen molar-refractivity contribution in [2.75, 3.05) is 19.1 Å². The van der Waals surface area contributed by atoms with E-state index in [-0.39, 0.29) is 11.9 Å². The fraction of sp³-hybridized carbons (Fsp3) is 0.462. The first-order valence-corrected chi connectivity index (χ1v) is 7.35. The molecule has 98 valence electrons. The fourth-order valence-corrected chi connectivity index (χ4v) is 2.63. The van der Waals surface area contributed by atoms with Crippen molar-refractivity contribution in [2.45, 2.75) is 19.5 Å². The van der Waals surface area contributed by atoms with E-state index in [0.29, 0.717) is 23.4 Å². The zero-order valence-electron chi connectivity index (χ0n) is 10.8. The van der Waals surface area contributed by atoms with Gasteiger partial charge < -0.3 is 0 Å². The molecule has 0 bridgehead atoms. The van der Waals surface area contributed by atoms with Crippen molar-refractivity contribution in [3.05, 3.63) is 35.1 Å². The van der Waals surface area contributed by atoms with Crippen molar-refractivity contribution in [3.63, 3.8) is 0 Å². The molecule has 0 aromatic heterocycles. The molecule has 0 aliphatic rings. The summed E-state index contributed by atoms with van der Waals surface area (Å²) in [6.07, 6.45) is 1.66. The standard InChI is InChI=1S/C13H17FN2OS/c1-10(9-18(3)17)16(2)8-12-6-13(14)5-4-11(12)7-15/h4-6,10H,8-9H2,1-3H3/t10-,18-/m1/s1. The Bertz CT molecular complexity index is 484. The van der Waals surface area contributed by atoms with Gasteiger partial charge in [0.05, 0.1) is 11.6 Å². The molecule has 18 heavy (non-hydrogen) atoms. The minimum absolute atomic E-state index is 0.116. The van der Waals surface area contributed by atoms with Gasteiger partial charge in [-0.05, 0) is 37.7 Å². The van der Waals surface area contributed by atoms with Gasteiger partial charge in [0.2, 0.25) is 0 Å². The lowest BCUT2D eigenvalue weighted by atomic mass is 10.1. The first-order chi connectivity index (χ1) is 8.43. The summed E-state index contributed by atoms with van der Waals surface area (Å²) in [6, 6.07) is 6.32. The fourth-order valence-electron chi connectivity index (χ4n) is 1.69. The van der Waals surface area contributed by atoms with Crippen molar-refractivity contribution in [1.29, 1.82) is 5.26 Å². The minimum atomic E-state index is -0.867. The lowest BCUT2D eigenvalue weighted by Crippen LogP contribution is -2.33. The molecule has 0 saturated heterocycles. The lowest BCUT2D eigenvalue weighted by molar-refractivity contribution is 0.268. The second kappa shape index (κ2) is 6.62.